The number of hydrogen-bond acceptors (Lipinski definition) is 7. The van der Waals surface area contributed by atoms with Gasteiger partial charge in [-0.2, -0.15) is 0 Å². The van der Waals surface area contributed by atoms with E-state index in [0.29, 0.717) is 50.2 Å². The Kier molecular flexibility index (Phi) is 15.1. The Balaban J connectivity index is 1.02. The maximum Gasteiger partial charge on any atom is 0.314 e. The van der Waals surface area contributed by atoms with Crippen molar-refractivity contribution in [3.8, 4) is 35.2 Å². The quantitative estimate of drug-likeness (QED) is 0.0369. The van der Waals surface area contributed by atoms with Crippen molar-refractivity contribution in [1.82, 2.24) is 0 Å². The summed E-state index contributed by atoms with van der Waals surface area (Å²) in [7, 11) is 0. The first kappa shape index (κ1) is 39.1. The van der Waals surface area contributed by atoms with Crippen LogP contribution in [0.2, 0.25) is 0 Å². The van der Waals surface area contributed by atoms with Gasteiger partial charge in [-0.1, -0.05) is 50.4 Å². The van der Waals surface area contributed by atoms with Crippen LogP contribution in [0.15, 0.2) is 102 Å². The second-order valence-electron chi connectivity index (χ2n) is 13.2. The van der Waals surface area contributed by atoms with E-state index in [9.17, 15) is 14.4 Å². The Morgan fingerprint density at radius 3 is 1.50 bits per heavy atom. The van der Waals surface area contributed by atoms with Crippen molar-refractivity contribution in [2.45, 2.75) is 71.6 Å². The van der Waals surface area contributed by atoms with E-state index in [2.05, 4.69) is 47.8 Å². The Morgan fingerprint density at radius 2 is 1.06 bits per heavy atom. The van der Waals surface area contributed by atoms with Crippen molar-refractivity contribution in [1.29, 1.82) is 0 Å². The van der Waals surface area contributed by atoms with Crippen LogP contribution in [-0.2, 0) is 19.1 Å². The second-order valence-corrected chi connectivity index (χ2v) is 13.2. The molecule has 0 saturated heterocycles. The van der Waals surface area contributed by atoms with Gasteiger partial charge in [-0.25, -0.2) is 4.99 Å². The predicted molar refractivity (Wildman–Crippen MR) is 212 cm³/mol. The lowest BCUT2D eigenvalue weighted by atomic mass is 9.82. The highest BCUT2D eigenvalue weighted by atomic mass is 16.5. The second kappa shape index (κ2) is 20.8. The highest BCUT2D eigenvalue weighted by molar-refractivity contribution is 5.90. The standard InChI is InChI=1S/C46H46N2O6/c1-3-5-7-44(49)48-41-26-14-35(15-27-41)9-11-37-18-30-43(31-19-37)54-46(51)39-22-20-38(21-23-39)45(50)53-42-28-16-36(17-29-42)10-8-34-12-24-40(25-13-34)47-33-52-32-6-4-2/h12-19,24-31,33,38-39H,3-7,20-23,32H2,1-2H3,(H,48,49)/b47-33+/t38-,39-. The van der Waals surface area contributed by atoms with E-state index in [1.807, 2.05) is 72.8 Å². The molecule has 4 aromatic rings. The van der Waals surface area contributed by atoms with Crippen molar-refractivity contribution in [2.75, 3.05) is 11.9 Å². The van der Waals surface area contributed by atoms with Crippen LogP contribution in [0.4, 0.5) is 11.4 Å². The average molecular weight is 723 g/mol. The summed E-state index contributed by atoms with van der Waals surface area (Å²) in [6.45, 7) is 4.84. The molecule has 0 aliphatic heterocycles. The Labute approximate surface area is 318 Å². The van der Waals surface area contributed by atoms with Gasteiger partial charge in [0, 0.05) is 34.4 Å². The number of amides is 1. The molecule has 0 bridgehead atoms. The van der Waals surface area contributed by atoms with Crippen LogP contribution in [0, 0.1) is 35.5 Å². The molecule has 5 rings (SSSR count). The van der Waals surface area contributed by atoms with E-state index in [1.165, 1.54) is 6.40 Å². The van der Waals surface area contributed by atoms with Gasteiger partial charge >= 0.3 is 11.9 Å². The molecule has 0 aromatic heterocycles. The number of benzene rings is 4. The number of anilines is 1. The van der Waals surface area contributed by atoms with E-state index in [0.717, 1.165) is 59.3 Å². The van der Waals surface area contributed by atoms with E-state index in [4.69, 9.17) is 14.2 Å². The zero-order chi connectivity index (χ0) is 38.0. The summed E-state index contributed by atoms with van der Waals surface area (Å²) >= 11 is 0. The molecule has 1 aliphatic carbocycles. The smallest absolute Gasteiger partial charge is 0.314 e. The zero-order valence-electron chi connectivity index (χ0n) is 30.9. The molecule has 0 unspecified atom stereocenters. The van der Waals surface area contributed by atoms with E-state index in [-0.39, 0.29) is 29.7 Å². The lowest BCUT2D eigenvalue weighted by molar-refractivity contribution is -0.145. The molecule has 54 heavy (non-hydrogen) atoms. The fraction of sp³-hybridized carbons (Fsp3) is 0.304. The van der Waals surface area contributed by atoms with E-state index < -0.39 is 0 Å². The molecule has 0 spiro atoms. The summed E-state index contributed by atoms with van der Waals surface area (Å²) in [5.41, 5.74) is 4.82. The number of ether oxygens (including phenoxy) is 3. The normalized spacial score (nSPS) is 14.9. The van der Waals surface area contributed by atoms with Gasteiger partial charge in [0.05, 0.1) is 24.1 Å². The topological polar surface area (TPSA) is 103 Å². The highest BCUT2D eigenvalue weighted by Crippen LogP contribution is 2.31. The van der Waals surface area contributed by atoms with Gasteiger partial charge < -0.3 is 19.5 Å². The third-order valence-corrected chi connectivity index (χ3v) is 8.93. The first-order valence-corrected chi connectivity index (χ1v) is 18.7. The molecule has 0 atom stereocenters. The minimum absolute atomic E-state index is 0.0142. The van der Waals surface area contributed by atoms with Crippen molar-refractivity contribution in [3.05, 3.63) is 119 Å². The van der Waals surface area contributed by atoms with Crippen LogP contribution in [0.5, 0.6) is 11.5 Å². The molecule has 0 radical (unpaired) electrons. The number of aliphatic imine (C=N–C) groups is 1. The monoisotopic (exact) mass is 722 g/mol. The molecule has 1 N–H and O–H groups in total. The summed E-state index contributed by atoms with van der Waals surface area (Å²) in [5, 5.41) is 2.90. The summed E-state index contributed by atoms with van der Waals surface area (Å²) in [4.78, 5) is 42.1. The minimum atomic E-state index is -0.295. The SMILES string of the molecule is CCCCO/C=N/c1ccc(C#Cc2ccc(OC(=O)[C@H]3CC[C@H](C(=O)Oc4ccc(C#Cc5ccc(NC(=O)CCCC)cc5)cc4)CC3)cc2)cc1. The van der Waals surface area contributed by atoms with Gasteiger partial charge in [-0.05, 0) is 136 Å². The predicted octanol–water partition coefficient (Wildman–Crippen LogP) is 9.41. The maximum absolute atomic E-state index is 12.9. The van der Waals surface area contributed by atoms with Crippen molar-refractivity contribution >= 4 is 35.6 Å². The number of rotatable bonds is 13. The van der Waals surface area contributed by atoms with Crippen molar-refractivity contribution in [3.63, 3.8) is 0 Å². The van der Waals surface area contributed by atoms with Crippen molar-refractivity contribution in [2.24, 2.45) is 16.8 Å². The van der Waals surface area contributed by atoms with Gasteiger partial charge in [0.15, 0.2) is 6.40 Å². The van der Waals surface area contributed by atoms with Crippen LogP contribution < -0.4 is 14.8 Å². The molecule has 0 heterocycles. The summed E-state index contributed by atoms with van der Waals surface area (Å²) < 4.78 is 16.7. The first-order chi connectivity index (χ1) is 26.4. The van der Waals surface area contributed by atoms with Gasteiger partial charge in [0.2, 0.25) is 5.91 Å². The van der Waals surface area contributed by atoms with Gasteiger partial charge in [0.1, 0.15) is 11.5 Å². The van der Waals surface area contributed by atoms with Crippen molar-refractivity contribution < 1.29 is 28.6 Å². The number of unbranched alkanes of at least 4 members (excludes halogenated alkanes) is 2. The molecule has 1 amide bonds. The number of nitrogens with one attached hydrogen (secondary N) is 1. The lowest BCUT2D eigenvalue weighted by Gasteiger charge is -2.25. The molecule has 1 fully saturated rings. The van der Waals surface area contributed by atoms with Gasteiger partial charge in [0.25, 0.3) is 0 Å². The first-order valence-electron chi connectivity index (χ1n) is 18.7. The number of esters is 2. The van der Waals surface area contributed by atoms with Crippen LogP contribution >= 0.6 is 0 Å². The molecule has 276 valence electrons. The molecule has 4 aromatic carbocycles. The molecule has 8 heteroatoms. The third-order valence-electron chi connectivity index (χ3n) is 8.93. The summed E-state index contributed by atoms with van der Waals surface area (Å²) in [6.07, 6.45) is 8.15. The Morgan fingerprint density at radius 1 is 0.630 bits per heavy atom. The molecular weight excluding hydrogens is 677 g/mol. The van der Waals surface area contributed by atoms with Crippen LogP contribution in [-0.4, -0.2) is 30.9 Å². The Bertz CT molecular complexity index is 1990. The van der Waals surface area contributed by atoms with E-state index >= 15 is 0 Å². The fourth-order valence-corrected chi connectivity index (χ4v) is 5.67. The average Bonchev–Trinajstić information content (AvgIpc) is 3.20. The van der Waals surface area contributed by atoms with Crippen LogP contribution in [0.1, 0.15) is 93.9 Å². The third kappa shape index (κ3) is 12.8. The molecular formula is C46H46N2O6. The largest absolute Gasteiger partial charge is 0.483 e. The van der Waals surface area contributed by atoms with E-state index in [1.54, 1.807) is 24.3 Å². The molecule has 1 aliphatic rings. The minimum Gasteiger partial charge on any atom is -0.483 e. The fourth-order valence-electron chi connectivity index (χ4n) is 5.67. The number of carbonyl (C=O) groups excluding carboxylic acids is 3. The van der Waals surface area contributed by atoms with Crippen LogP contribution in [0.25, 0.3) is 0 Å². The summed E-state index contributed by atoms with van der Waals surface area (Å²) in [6, 6.07) is 29.2. The molecule has 8 nitrogen and oxygen atoms in total. The van der Waals surface area contributed by atoms with Gasteiger partial charge in [-0.15, -0.1) is 0 Å². The summed E-state index contributed by atoms with van der Waals surface area (Å²) in [5.74, 6) is 12.3. The van der Waals surface area contributed by atoms with Crippen LogP contribution in [0.3, 0.4) is 0 Å². The number of hydrogen-bond donors (Lipinski definition) is 1. The lowest BCUT2D eigenvalue weighted by Crippen LogP contribution is -2.30. The highest BCUT2D eigenvalue weighted by Gasteiger charge is 2.32. The number of carbonyl (C=O) groups is 3. The Hall–Kier alpha value is -6.12. The van der Waals surface area contributed by atoms with Gasteiger partial charge in [-0.3, -0.25) is 14.4 Å². The zero-order valence-corrected chi connectivity index (χ0v) is 30.9. The molecule has 1 saturated carbocycles. The maximum atomic E-state index is 12.9. The number of nitrogens with zero attached hydrogens (tertiary/aromatic N) is 1.